The van der Waals surface area contributed by atoms with Crippen molar-refractivity contribution in [3.05, 3.63) is 0 Å². The van der Waals surface area contributed by atoms with Gasteiger partial charge in [0.25, 0.3) is 5.95 Å². The zero-order valence-corrected chi connectivity index (χ0v) is 15.5. The van der Waals surface area contributed by atoms with Crippen LogP contribution in [0.1, 0.15) is 0 Å². The number of ether oxygens (including phenoxy) is 4. The van der Waals surface area contributed by atoms with E-state index < -0.39 is 0 Å². The third-order valence-corrected chi connectivity index (χ3v) is 2.80. The van der Waals surface area contributed by atoms with E-state index in [-0.39, 0.29) is 32.9 Å². The van der Waals surface area contributed by atoms with Gasteiger partial charge < -0.3 is 18.9 Å². The molecule has 1 aromatic rings. The van der Waals surface area contributed by atoms with Crippen LogP contribution >= 0.6 is 0 Å². The van der Waals surface area contributed by atoms with Crippen LogP contribution in [-0.4, -0.2) is 84.5 Å². The van der Waals surface area contributed by atoms with Gasteiger partial charge in [0.05, 0.1) is 14.2 Å². The van der Waals surface area contributed by atoms with Gasteiger partial charge in [-0.15, -0.1) is 0 Å². The molecular formula is C13H26N6O6. The average molecular weight is 362 g/mol. The maximum absolute atomic E-state index is 5.17. The highest BCUT2D eigenvalue weighted by molar-refractivity contribution is 5.44. The highest BCUT2D eigenvalue weighted by atomic mass is 16.9. The summed E-state index contributed by atoms with van der Waals surface area (Å²) in [6, 6.07) is 0. The van der Waals surface area contributed by atoms with Crippen LogP contribution in [0.25, 0.3) is 0 Å². The molecule has 12 nitrogen and oxygen atoms in total. The molecule has 0 fully saturated rings. The molecule has 1 heterocycles. The fraction of sp³-hybridized carbons (Fsp3) is 0.769. The van der Waals surface area contributed by atoms with Gasteiger partial charge in [-0.2, -0.15) is 15.0 Å². The minimum atomic E-state index is 0.138. The van der Waals surface area contributed by atoms with E-state index in [1.165, 1.54) is 14.2 Å². The molecule has 0 aliphatic carbocycles. The molecule has 144 valence electrons. The van der Waals surface area contributed by atoms with Crippen molar-refractivity contribution in [2.45, 2.75) is 0 Å². The molecule has 0 aliphatic heterocycles. The predicted molar refractivity (Wildman–Crippen MR) is 88.8 cm³/mol. The number of rotatable bonds is 13. The van der Waals surface area contributed by atoms with E-state index in [9.17, 15) is 0 Å². The van der Waals surface area contributed by atoms with Gasteiger partial charge >= 0.3 is 0 Å². The Labute approximate surface area is 147 Å². The summed E-state index contributed by atoms with van der Waals surface area (Å²) in [6.45, 7) is 0.854. The van der Waals surface area contributed by atoms with Crippen LogP contribution in [0.4, 0.5) is 17.8 Å². The van der Waals surface area contributed by atoms with E-state index in [0.717, 1.165) is 5.23 Å². The minimum Gasteiger partial charge on any atom is -0.364 e. The van der Waals surface area contributed by atoms with Crippen LogP contribution in [0, 0.1) is 0 Å². The van der Waals surface area contributed by atoms with Crippen LogP contribution in [0.2, 0.25) is 0 Å². The third kappa shape index (κ3) is 6.19. The summed E-state index contributed by atoms with van der Waals surface area (Å²) < 4.78 is 20.7. The topological polar surface area (TPSA) is 104 Å². The third-order valence-electron chi connectivity index (χ3n) is 2.80. The van der Waals surface area contributed by atoms with Crippen molar-refractivity contribution in [1.82, 2.24) is 15.0 Å². The lowest BCUT2D eigenvalue weighted by Gasteiger charge is -2.26. The van der Waals surface area contributed by atoms with Crippen LogP contribution in [-0.2, 0) is 28.6 Å². The molecule has 0 radical (unpaired) electrons. The Hall–Kier alpha value is -1.83. The van der Waals surface area contributed by atoms with Crippen molar-refractivity contribution < 1.29 is 28.6 Å². The normalized spacial score (nSPS) is 10.8. The van der Waals surface area contributed by atoms with Gasteiger partial charge in [0, 0.05) is 28.4 Å². The Morgan fingerprint density at radius 1 is 0.560 bits per heavy atom. The van der Waals surface area contributed by atoms with Gasteiger partial charge in [0.15, 0.2) is 0 Å². The second kappa shape index (κ2) is 11.7. The SMILES string of the molecule is COCN(COC)c1nc(N(COC)COC)nc(N(OC)OC)n1. The maximum Gasteiger partial charge on any atom is 0.284 e. The first-order chi connectivity index (χ1) is 12.1. The molecule has 0 saturated heterocycles. The van der Waals surface area contributed by atoms with E-state index in [1.54, 1.807) is 38.2 Å². The zero-order valence-electron chi connectivity index (χ0n) is 15.5. The Morgan fingerprint density at radius 3 is 1.16 bits per heavy atom. The monoisotopic (exact) mass is 362 g/mol. The second-order valence-corrected chi connectivity index (χ2v) is 4.61. The smallest absolute Gasteiger partial charge is 0.284 e. The van der Waals surface area contributed by atoms with E-state index >= 15 is 0 Å². The molecule has 0 atom stereocenters. The van der Waals surface area contributed by atoms with Crippen molar-refractivity contribution in [3.63, 3.8) is 0 Å². The molecule has 0 N–H and O–H groups in total. The van der Waals surface area contributed by atoms with Crippen molar-refractivity contribution >= 4 is 17.8 Å². The quantitative estimate of drug-likeness (QED) is 0.344. The lowest BCUT2D eigenvalue weighted by atomic mass is 10.7. The molecule has 12 heteroatoms. The molecule has 0 amide bonds. The lowest BCUT2D eigenvalue weighted by Crippen LogP contribution is -2.34. The molecule has 0 bridgehead atoms. The lowest BCUT2D eigenvalue weighted by molar-refractivity contribution is -0.0472. The van der Waals surface area contributed by atoms with Crippen LogP contribution in [0.5, 0.6) is 0 Å². The molecule has 0 aliphatic rings. The van der Waals surface area contributed by atoms with E-state index in [4.69, 9.17) is 28.6 Å². The summed E-state index contributed by atoms with van der Waals surface area (Å²) in [6.07, 6.45) is 0. The Kier molecular flexibility index (Phi) is 9.91. The van der Waals surface area contributed by atoms with Gasteiger partial charge in [0.2, 0.25) is 11.9 Å². The summed E-state index contributed by atoms with van der Waals surface area (Å²) >= 11 is 0. The first kappa shape index (κ1) is 21.2. The molecule has 0 unspecified atom stereocenters. The first-order valence-corrected chi connectivity index (χ1v) is 7.25. The molecule has 25 heavy (non-hydrogen) atoms. The number of anilines is 3. The van der Waals surface area contributed by atoms with Gasteiger partial charge in [-0.3, -0.25) is 9.80 Å². The molecule has 0 aromatic carbocycles. The van der Waals surface area contributed by atoms with Gasteiger partial charge in [0.1, 0.15) is 26.9 Å². The summed E-state index contributed by atoms with van der Waals surface area (Å²) in [5.74, 6) is 0.749. The number of hydrogen-bond acceptors (Lipinski definition) is 12. The fourth-order valence-corrected chi connectivity index (χ4v) is 1.87. The van der Waals surface area contributed by atoms with Crippen molar-refractivity contribution in [3.8, 4) is 0 Å². The number of aromatic nitrogens is 3. The number of nitrogens with zero attached hydrogens (tertiary/aromatic N) is 6. The number of hydrogen-bond donors (Lipinski definition) is 0. The minimum absolute atomic E-state index is 0.138. The van der Waals surface area contributed by atoms with Gasteiger partial charge in [-0.25, -0.2) is 9.68 Å². The Balaban J connectivity index is 3.33. The maximum atomic E-state index is 5.17. The zero-order chi connectivity index (χ0) is 18.7. The second-order valence-electron chi connectivity index (χ2n) is 4.61. The summed E-state index contributed by atoms with van der Waals surface area (Å²) in [5, 5.41) is 1.05. The molecule has 0 spiro atoms. The predicted octanol–water partition coefficient (Wildman–Crippen LogP) is -0.171. The van der Waals surface area contributed by atoms with Crippen molar-refractivity contribution in [2.24, 2.45) is 0 Å². The summed E-state index contributed by atoms with van der Waals surface area (Å²) in [7, 11) is 9.09. The Bertz CT molecular complexity index is 446. The summed E-state index contributed by atoms with van der Waals surface area (Å²) in [5.41, 5.74) is 0. The highest BCUT2D eigenvalue weighted by Gasteiger charge is 2.20. The highest BCUT2D eigenvalue weighted by Crippen LogP contribution is 2.19. The first-order valence-electron chi connectivity index (χ1n) is 7.25. The molecule has 1 aromatic heterocycles. The van der Waals surface area contributed by atoms with E-state index in [2.05, 4.69) is 15.0 Å². The van der Waals surface area contributed by atoms with E-state index in [0.29, 0.717) is 11.9 Å². The standard InChI is InChI=1S/C13H26N6O6/c1-20-7-17(8-21-2)11-14-12(18(9-22-3)10-23-4)16-13(15-11)19(24-5)25-6/h7-10H2,1-6H3. The molecule has 1 rings (SSSR count). The fourth-order valence-electron chi connectivity index (χ4n) is 1.87. The van der Waals surface area contributed by atoms with Crippen molar-refractivity contribution in [2.75, 3.05) is 84.6 Å². The molecule has 0 saturated carbocycles. The van der Waals surface area contributed by atoms with Crippen LogP contribution < -0.4 is 15.0 Å². The number of methoxy groups -OCH3 is 4. The van der Waals surface area contributed by atoms with Crippen LogP contribution in [0.15, 0.2) is 0 Å². The van der Waals surface area contributed by atoms with Gasteiger partial charge in [-0.1, -0.05) is 5.23 Å². The van der Waals surface area contributed by atoms with E-state index in [1.807, 2.05) is 0 Å². The average Bonchev–Trinajstić information content (AvgIpc) is 2.62. The largest absolute Gasteiger partial charge is 0.364 e. The van der Waals surface area contributed by atoms with Gasteiger partial charge in [-0.05, 0) is 0 Å². The molecular weight excluding hydrogens is 336 g/mol. The van der Waals surface area contributed by atoms with Crippen LogP contribution in [0.3, 0.4) is 0 Å². The Morgan fingerprint density at radius 2 is 0.880 bits per heavy atom. The summed E-state index contributed by atoms with van der Waals surface area (Å²) in [4.78, 5) is 26.6. The van der Waals surface area contributed by atoms with Crippen molar-refractivity contribution in [1.29, 1.82) is 0 Å².